The lowest BCUT2D eigenvalue weighted by Crippen LogP contribution is -2.20. The van der Waals surface area contributed by atoms with Gasteiger partial charge >= 0.3 is 0 Å². The van der Waals surface area contributed by atoms with Crippen LogP contribution in [-0.4, -0.2) is 13.7 Å². The SMILES string of the molecule is COc1ccc(NC(CN)c2occc2Br)cc1. The number of hydrogen-bond donors (Lipinski definition) is 2. The van der Waals surface area contributed by atoms with Crippen LogP contribution in [0, 0.1) is 0 Å². The molecule has 1 aromatic heterocycles. The largest absolute Gasteiger partial charge is 0.497 e. The van der Waals surface area contributed by atoms with Crippen LogP contribution in [0.25, 0.3) is 0 Å². The van der Waals surface area contributed by atoms with Crippen LogP contribution in [0.5, 0.6) is 5.75 Å². The van der Waals surface area contributed by atoms with E-state index in [2.05, 4.69) is 21.2 Å². The van der Waals surface area contributed by atoms with Gasteiger partial charge in [-0.05, 0) is 46.3 Å². The van der Waals surface area contributed by atoms with Crippen LogP contribution in [-0.2, 0) is 0 Å². The van der Waals surface area contributed by atoms with E-state index >= 15 is 0 Å². The van der Waals surface area contributed by atoms with Gasteiger partial charge in [0.05, 0.1) is 23.9 Å². The molecule has 18 heavy (non-hydrogen) atoms. The van der Waals surface area contributed by atoms with Crippen LogP contribution >= 0.6 is 15.9 Å². The van der Waals surface area contributed by atoms with Crippen molar-refractivity contribution in [2.45, 2.75) is 6.04 Å². The zero-order chi connectivity index (χ0) is 13.0. The number of ether oxygens (including phenoxy) is 1. The first-order valence-corrected chi connectivity index (χ1v) is 6.37. The Balaban J connectivity index is 2.13. The Labute approximate surface area is 114 Å². The first-order valence-electron chi connectivity index (χ1n) is 5.58. The summed E-state index contributed by atoms with van der Waals surface area (Å²) < 4.78 is 11.4. The van der Waals surface area contributed by atoms with E-state index in [1.165, 1.54) is 0 Å². The van der Waals surface area contributed by atoms with Crippen molar-refractivity contribution in [2.24, 2.45) is 5.73 Å². The molecular formula is C13H15BrN2O2. The maximum Gasteiger partial charge on any atom is 0.141 e. The molecule has 0 amide bonds. The fourth-order valence-corrected chi connectivity index (χ4v) is 2.15. The quantitative estimate of drug-likeness (QED) is 0.890. The summed E-state index contributed by atoms with van der Waals surface area (Å²) >= 11 is 3.43. The van der Waals surface area contributed by atoms with E-state index in [0.29, 0.717) is 6.54 Å². The Morgan fingerprint density at radius 1 is 1.33 bits per heavy atom. The van der Waals surface area contributed by atoms with Gasteiger partial charge in [0.1, 0.15) is 11.5 Å². The minimum Gasteiger partial charge on any atom is -0.497 e. The van der Waals surface area contributed by atoms with Crippen LogP contribution in [0.15, 0.2) is 45.5 Å². The highest BCUT2D eigenvalue weighted by Gasteiger charge is 2.16. The van der Waals surface area contributed by atoms with Crippen molar-refractivity contribution in [1.29, 1.82) is 0 Å². The third-order valence-electron chi connectivity index (χ3n) is 2.63. The molecule has 0 aliphatic heterocycles. The van der Waals surface area contributed by atoms with Crippen LogP contribution in [0.2, 0.25) is 0 Å². The maximum absolute atomic E-state index is 5.77. The molecule has 0 fully saturated rings. The Hall–Kier alpha value is -1.46. The fourth-order valence-electron chi connectivity index (χ4n) is 1.67. The summed E-state index contributed by atoms with van der Waals surface area (Å²) in [5.74, 6) is 1.62. The molecule has 0 radical (unpaired) electrons. The van der Waals surface area contributed by atoms with Crippen molar-refractivity contribution in [3.63, 3.8) is 0 Å². The van der Waals surface area contributed by atoms with Crippen LogP contribution in [0.3, 0.4) is 0 Å². The van der Waals surface area contributed by atoms with Gasteiger partial charge in [-0.25, -0.2) is 0 Å². The van der Waals surface area contributed by atoms with Crippen molar-refractivity contribution in [3.05, 3.63) is 46.8 Å². The number of rotatable bonds is 5. The highest BCUT2D eigenvalue weighted by atomic mass is 79.9. The van der Waals surface area contributed by atoms with E-state index in [4.69, 9.17) is 14.9 Å². The average molecular weight is 311 g/mol. The van der Waals surface area contributed by atoms with Gasteiger partial charge in [-0.15, -0.1) is 0 Å². The molecule has 0 spiro atoms. The number of furan rings is 1. The summed E-state index contributed by atoms with van der Waals surface area (Å²) in [6.07, 6.45) is 1.64. The number of nitrogens with two attached hydrogens (primary N) is 1. The Bertz CT molecular complexity index is 496. The van der Waals surface area contributed by atoms with Crippen LogP contribution < -0.4 is 15.8 Å². The minimum absolute atomic E-state index is 0.0669. The summed E-state index contributed by atoms with van der Waals surface area (Å²) in [6.45, 7) is 0.443. The van der Waals surface area contributed by atoms with Gasteiger partial charge in [0.2, 0.25) is 0 Å². The molecule has 0 aliphatic rings. The highest BCUT2D eigenvalue weighted by molar-refractivity contribution is 9.10. The van der Waals surface area contributed by atoms with Gasteiger partial charge in [0, 0.05) is 12.2 Å². The molecule has 2 aromatic rings. The Kier molecular flexibility index (Phi) is 4.28. The van der Waals surface area contributed by atoms with Gasteiger partial charge in [-0.1, -0.05) is 0 Å². The second kappa shape index (κ2) is 5.93. The lowest BCUT2D eigenvalue weighted by molar-refractivity contribution is 0.415. The molecule has 0 saturated heterocycles. The number of anilines is 1. The molecule has 1 unspecified atom stereocenters. The van der Waals surface area contributed by atoms with Crippen molar-refractivity contribution in [1.82, 2.24) is 0 Å². The second-order valence-corrected chi connectivity index (χ2v) is 4.65. The van der Waals surface area contributed by atoms with Gasteiger partial charge in [-0.2, -0.15) is 0 Å². The third kappa shape index (κ3) is 2.86. The standard InChI is InChI=1S/C13H15BrN2O2/c1-17-10-4-2-9(3-5-10)16-12(8-15)13-11(14)6-7-18-13/h2-7,12,16H,8,15H2,1H3. The number of halogens is 1. The molecule has 4 nitrogen and oxygen atoms in total. The lowest BCUT2D eigenvalue weighted by Gasteiger charge is -2.16. The van der Waals surface area contributed by atoms with E-state index in [0.717, 1.165) is 21.7 Å². The summed E-state index contributed by atoms with van der Waals surface area (Å²) in [5, 5.41) is 3.32. The molecule has 3 N–H and O–H groups in total. The van der Waals surface area contributed by atoms with Gasteiger partial charge in [0.15, 0.2) is 0 Å². The normalized spacial score (nSPS) is 12.2. The molecular weight excluding hydrogens is 296 g/mol. The highest BCUT2D eigenvalue weighted by Crippen LogP contribution is 2.27. The van der Waals surface area contributed by atoms with E-state index in [9.17, 15) is 0 Å². The van der Waals surface area contributed by atoms with Crippen molar-refractivity contribution < 1.29 is 9.15 Å². The Morgan fingerprint density at radius 3 is 2.56 bits per heavy atom. The summed E-state index contributed by atoms with van der Waals surface area (Å²) in [7, 11) is 1.64. The molecule has 96 valence electrons. The molecule has 0 saturated carbocycles. The van der Waals surface area contributed by atoms with Crippen LogP contribution in [0.1, 0.15) is 11.8 Å². The molecule has 2 rings (SSSR count). The van der Waals surface area contributed by atoms with Crippen molar-refractivity contribution in [2.75, 3.05) is 19.0 Å². The predicted molar refractivity (Wildman–Crippen MR) is 74.8 cm³/mol. The number of benzene rings is 1. The number of methoxy groups -OCH3 is 1. The van der Waals surface area contributed by atoms with Gasteiger partial charge < -0.3 is 20.2 Å². The molecule has 1 heterocycles. The van der Waals surface area contributed by atoms with Crippen molar-refractivity contribution in [3.8, 4) is 5.75 Å². The molecule has 0 aliphatic carbocycles. The van der Waals surface area contributed by atoms with E-state index in [1.54, 1.807) is 13.4 Å². The monoisotopic (exact) mass is 310 g/mol. The third-order valence-corrected chi connectivity index (χ3v) is 3.28. The first-order chi connectivity index (χ1) is 8.74. The van der Waals surface area contributed by atoms with Gasteiger partial charge in [0.25, 0.3) is 0 Å². The maximum atomic E-state index is 5.77. The lowest BCUT2D eigenvalue weighted by atomic mass is 10.2. The van der Waals surface area contributed by atoms with Crippen molar-refractivity contribution >= 4 is 21.6 Å². The Morgan fingerprint density at radius 2 is 2.06 bits per heavy atom. The molecule has 1 aromatic carbocycles. The van der Waals surface area contributed by atoms with E-state index < -0.39 is 0 Å². The number of hydrogen-bond acceptors (Lipinski definition) is 4. The van der Waals surface area contributed by atoms with E-state index in [-0.39, 0.29) is 6.04 Å². The zero-order valence-electron chi connectivity index (χ0n) is 10.0. The predicted octanol–water partition coefficient (Wildman–Crippen LogP) is 3.16. The molecule has 0 bridgehead atoms. The smallest absolute Gasteiger partial charge is 0.141 e. The molecule has 1 atom stereocenters. The average Bonchev–Trinajstić information content (AvgIpc) is 2.83. The second-order valence-electron chi connectivity index (χ2n) is 3.79. The fraction of sp³-hybridized carbons (Fsp3) is 0.231. The topological polar surface area (TPSA) is 60.4 Å². The first kappa shape index (κ1) is 13.0. The zero-order valence-corrected chi connectivity index (χ0v) is 11.6. The summed E-state index contributed by atoms with van der Waals surface area (Å²) in [6, 6.07) is 9.47. The number of nitrogens with one attached hydrogen (secondary N) is 1. The summed E-state index contributed by atoms with van der Waals surface area (Å²) in [5.41, 5.74) is 6.74. The van der Waals surface area contributed by atoms with E-state index in [1.807, 2.05) is 30.3 Å². The minimum atomic E-state index is -0.0669. The summed E-state index contributed by atoms with van der Waals surface area (Å²) in [4.78, 5) is 0. The van der Waals surface area contributed by atoms with Gasteiger partial charge in [-0.3, -0.25) is 0 Å². The van der Waals surface area contributed by atoms with Crippen LogP contribution in [0.4, 0.5) is 5.69 Å². The molecule has 5 heteroatoms.